The predicted molar refractivity (Wildman–Crippen MR) is 82.3 cm³/mol. The van der Waals surface area contributed by atoms with E-state index in [1.807, 2.05) is 43.0 Å². The Bertz CT molecular complexity index is 436. The summed E-state index contributed by atoms with van der Waals surface area (Å²) in [6.45, 7) is 4.72. The van der Waals surface area contributed by atoms with Crippen LogP contribution in [0.5, 0.6) is 0 Å². The van der Waals surface area contributed by atoms with Gasteiger partial charge in [-0.25, -0.2) is 4.79 Å². The number of carbonyl (C=O) groups is 1. The maximum Gasteiger partial charge on any atom is 0.318 e. The quantitative estimate of drug-likeness (QED) is 0.829. The Morgan fingerprint density at radius 2 is 1.90 bits per heavy atom. The molecule has 0 atom stereocenters. The van der Waals surface area contributed by atoms with Crippen LogP contribution in [0.15, 0.2) is 24.3 Å². The van der Waals surface area contributed by atoms with Crippen LogP contribution in [0.1, 0.15) is 45.1 Å². The third kappa shape index (κ3) is 3.89. The van der Waals surface area contributed by atoms with Crippen molar-refractivity contribution in [1.82, 2.24) is 10.2 Å². The van der Waals surface area contributed by atoms with Crippen molar-refractivity contribution in [3.63, 3.8) is 0 Å². The third-order valence-electron chi connectivity index (χ3n) is 3.90. The molecule has 4 nitrogen and oxygen atoms in total. The summed E-state index contributed by atoms with van der Waals surface area (Å²) < 4.78 is 0. The van der Waals surface area contributed by atoms with Crippen molar-refractivity contribution in [1.29, 1.82) is 0 Å². The molecule has 1 saturated carbocycles. The molecule has 2 amide bonds. The molecule has 1 fully saturated rings. The Labute approximate surface area is 121 Å². The lowest BCUT2D eigenvalue weighted by atomic mass is 10.2. The van der Waals surface area contributed by atoms with Gasteiger partial charge in [-0.1, -0.05) is 25.0 Å². The molecule has 1 aromatic carbocycles. The SMILES string of the molecule is CC(C)N(Cc1ccc(N)cc1)C(=O)NC1CCCC1. The number of nitrogens with two attached hydrogens (primary N) is 1. The minimum Gasteiger partial charge on any atom is -0.399 e. The van der Waals surface area contributed by atoms with Gasteiger partial charge >= 0.3 is 6.03 Å². The summed E-state index contributed by atoms with van der Waals surface area (Å²) in [5, 5.41) is 3.15. The van der Waals surface area contributed by atoms with Gasteiger partial charge < -0.3 is 16.0 Å². The smallest absolute Gasteiger partial charge is 0.318 e. The summed E-state index contributed by atoms with van der Waals surface area (Å²) in [4.78, 5) is 14.3. The number of nitrogen functional groups attached to an aromatic ring is 1. The summed E-state index contributed by atoms with van der Waals surface area (Å²) in [6.07, 6.45) is 4.67. The van der Waals surface area contributed by atoms with Crippen LogP contribution in [0.3, 0.4) is 0 Å². The Hall–Kier alpha value is -1.71. The molecular formula is C16H25N3O. The van der Waals surface area contributed by atoms with Gasteiger partial charge in [-0.2, -0.15) is 0 Å². The molecule has 3 N–H and O–H groups in total. The highest BCUT2D eigenvalue weighted by Gasteiger charge is 2.22. The average molecular weight is 275 g/mol. The van der Waals surface area contributed by atoms with E-state index in [-0.39, 0.29) is 12.1 Å². The maximum atomic E-state index is 12.4. The molecule has 0 bridgehead atoms. The number of hydrogen-bond acceptors (Lipinski definition) is 2. The second-order valence-corrected chi connectivity index (χ2v) is 5.89. The van der Waals surface area contributed by atoms with Gasteiger partial charge in [0.1, 0.15) is 0 Å². The zero-order valence-corrected chi connectivity index (χ0v) is 12.4. The van der Waals surface area contributed by atoms with Crippen LogP contribution >= 0.6 is 0 Å². The Kier molecular flexibility index (Phi) is 4.88. The normalized spacial score (nSPS) is 15.6. The van der Waals surface area contributed by atoms with E-state index in [1.165, 1.54) is 12.8 Å². The fourth-order valence-electron chi connectivity index (χ4n) is 2.64. The van der Waals surface area contributed by atoms with Gasteiger partial charge in [0.15, 0.2) is 0 Å². The standard InChI is InChI=1S/C16H25N3O/c1-12(2)19(11-13-7-9-14(17)10-8-13)16(20)18-15-5-3-4-6-15/h7-10,12,15H,3-6,11,17H2,1-2H3,(H,18,20). The fourth-order valence-corrected chi connectivity index (χ4v) is 2.64. The first-order valence-corrected chi connectivity index (χ1v) is 7.48. The number of urea groups is 1. The molecule has 0 aromatic heterocycles. The van der Waals surface area contributed by atoms with Crippen molar-refractivity contribution in [3.05, 3.63) is 29.8 Å². The van der Waals surface area contributed by atoms with E-state index < -0.39 is 0 Å². The van der Waals surface area contributed by atoms with E-state index in [0.29, 0.717) is 12.6 Å². The van der Waals surface area contributed by atoms with Crippen LogP contribution in [0, 0.1) is 0 Å². The summed E-state index contributed by atoms with van der Waals surface area (Å²) >= 11 is 0. The molecule has 0 radical (unpaired) electrons. The van der Waals surface area contributed by atoms with E-state index in [1.54, 1.807) is 0 Å². The lowest BCUT2D eigenvalue weighted by Gasteiger charge is -2.28. The van der Waals surface area contributed by atoms with Gasteiger partial charge in [-0.3, -0.25) is 0 Å². The molecule has 1 aliphatic rings. The summed E-state index contributed by atoms with van der Waals surface area (Å²) in [6, 6.07) is 8.29. The van der Waals surface area contributed by atoms with Crippen molar-refractivity contribution >= 4 is 11.7 Å². The highest BCUT2D eigenvalue weighted by atomic mass is 16.2. The minimum absolute atomic E-state index is 0.0451. The third-order valence-corrected chi connectivity index (χ3v) is 3.90. The highest BCUT2D eigenvalue weighted by molar-refractivity contribution is 5.74. The van der Waals surface area contributed by atoms with E-state index in [2.05, 4.69) is 5.32 Å². The van der Waals surface area contributed by atoms with Crippen LogP contribution in [0.2, 0.25) is 0 Å². The van der Waals surface area contributed by atoms with Crippen LogP contribution in [0.25, 0.3) is 0 Å². The molecule has 4 heteroatoms. The molecule has 1 aromatic rings. The Balaban J connectivity index is 1.98. The van der Waals surface area contributed by atoms with Crippen molar-refractivity contribution in [2.75, 3.05) is 5.73 Å². The van der Waals surface area contributed by atoms with Crippen LogP contribution in [0.4, 0.5) is 10.5 Å². The predicted octanol–water partition coefficient (Wildman–Crippen LogP) is 3.13. The first-order chi connectivity index (χ1) is 9.56. The van der Waals surface area contributed by atoms with Crippen LogP contribution < -0.4 is 11.1 Å². The van der Waals surface area contributed by atoms with Crippen LogP contribution in [-0.4, -0.2) is 23.0 Å². The molecule has 0 heterocycles. The summed E-state index contributed by atoms with van der Waals surface area (Å²) in [5.41, 5.74) is 7.55. The molecule has 0 saturated heterocycles. The lowest BCUT2D eigenvalue weighted by molar-refractivity contribution is 0.176. The molecule has 0 aliphatic heterocycles. The zero-order valence-electron chi connectivity index (χ0n) is 12.4. The molecular weight excluding hydrogens is 250 g/mol. The molecule has 0 unspecified atom stereocenters. The van der Waals surface area contributed by atoms with E-state index >= 15 is 0 Å². The van der Waals surface area contributed by atoms with Gasteiger partial charge in [0.2, 0.25) is 0 Å². The van der Waals surface area contributed by atoms with E-state index in [9.17, 15) is 4.79 Å². The molecule has 2 rings (SSSR count). The van der Waals surface area contributed by atoms with Crippen molar-refractivity contribution in [2.24, 2.45) is 0 Å². The number of nitrogens with zero attached hydrogens (tertiary/aromatic N) is 1. The zero-order chi connectivity index (χ0) is 14.5. The van der Waals surface area contributed by atoms with E-state index in [4.69, 9.17) is 5.73 Å². The molecule has 0 spiro atoms. The topological polar surface area (TPSA) is 58.4 Å². The summed E-state index contributed by atoms with van der Waals surface area (Å²) in [7, 11) is 0. The lowest BCUT2D eigenvalue weighted by Crippen LogP contribution is -2.46. The Morgan fingerprint density at radius 1 is 1.30 bits per heavy atom. The van der Waals surface area contributed by atoms with Crippen molar-refractivity contribution in [3.8, 4) is 0 Å². The van der Waals surface area contributed by atoms with Gasteiger partial charge in [0.05, 0.1) is 0 Å². The van der Waals surface area contributed by atoms with Gasteiger partial charge in [-0.15, -0.1) is 0 Å². The minimum atomic E-state index is 0.0451. The maximum absolute atomic E-state index is 12.4. The monoisotopic (exact) mass is 275 g/mol. The average Bonchev–Trinajstić information content (AvgIpc) is 2.90. The molecule has 1 aliphatic carbocycles. The number of benzene rings is 1. The fraction of sp³-hybridized carbons (Fsp3) is 0.562. The highest BCUT2D eigenvalue weighted by Crippen LogP contribution is 2.18. The van der Waals surface area contributed by atoms with Crippen molar-refractivity contribution < 1.29 is 4.79 Å². The second kappa shape index (κ2) is 6.64. The first kappa shape index (κ1) is 14.7. The number of anilines is 1. The first-order valence-electron chi connectivity index (χ1n) is 7.48. The number of amides is 2. The Morgan fingerprint density at radius 3 is 2.45 bits per heavy atom. The molecule has 110 valence electrons. The number of hydrogen-bond donors (Lipinski definition) is 2. The van der Waals surface area contributed by atoms with E-state index in [0.717, 1.165) is 24.1 Å². The van der Waals surface area contributed by atoms with Gasteiger partial charge in [-0.05, 0) is 44.4 Å². The van der Waals surface area contributed by atoms with Crippen molar-refractivity contribution in [2.45, 2.75) is 58.2 Å². The number of nitrogens with one attached hydrogen (secondary N) is 1. The van der Waals surface area contributed by atoms with Gasteiger partial charge in [0, 0.05) is 24.3 Å². The largest absolute Gasteiger partial charge is 0.399 e. The summed E-state index contributed by atoms with van der Waals surface area (Å²) in [5.74, 6) is 0. The number of carbonyl (C=O) groups excluding carboxylic acids is 1. The number of rotatable bonds is 4. The van der Waals surface area contributed by atoms with Gasteiger partial charge in [0.25, 0.3) is 0 Å². The molecule has 20 heavy (non-hydrogen) atoms. The van der Waals surface area contributed by atoms with Crippen LogP contribution in [-0.2, 0) is 6.54 Å². The second-order valence-electron chi connectivity index (χ2n) is 5.89.